The lowest BCUT2D eigenvalue weighted by atomic mass is 9.94. The number of anilines is 1. The number of halogens is 1. The van der Waals surface area contributed by atoms with Crippen molar-refractivity contribution in [2.75, 3.05) is 11.4 Å². The van der Waals surface area contributed by atoms with Crippen LogP contribution in [0.15, 0.2) is 41.0 Å². The van der Waals surface area contributed by atoms with E-state index in [2.05, 4.69) is 26.3 Å². The summed E-state index contributed by atoms with van der Waals surface area (Å²) in [6, 6.07) is 9.17. The number of carbonyl (C=O) groups excluding carboxylic acids is 2. The second-order valence-electron chi connectivity index (χ2n) is 7.07. The molecule has 4 rings (SSSR count). The molecule has 26 heavy (non-hydrogen) atoms. The highest BCUT2D eigenvalue weighted by Gasteiger charge is 2.53. The number of carbonyl (C=O) groups is 2. The third-order valence-electron chi connectivity index (χ3n) is 5.29. The SMILES string of the molecule is Cn1ccc(N2CCCC(NC(=O)C3(c4ccccc4Br)CC3)C2=O)n1. The summed E-state index contributed by atoms with van der Waals surface area (Å²) in [5.74, 6) is 0.514. The number of nitrogens with one attached hydrogen (secondary N) is 1. The molecule has 2 fully saturated rings. The summed E-state index contributed by atoms with van der Waals surface area (Å²) in [7, 11) is 1.83. The summed E-state index contributed by atoms with van der Waals surface area (Å²) in [5.41, 5.74) is 0.496. The average Bonchev–Trinajstić information content (AvgIpc) is 3.32. The molecule has 0 bridgehead atoms. The topological polar surface area (TPSA) is 67.2 Å². The van der Waals surface area contributed by atoms with Gasteiger partial charge in [0.2, 0.25) is 5.91 Å². The van der Waals surface area contributed by atoms with Gasteiger partial charge in [-0.3, -0.25) is 19.2 Å². The van der Waals surface area contributed by atoms with E-state index in [-0.39, 0.29) is 11.8 Å². The lowest BCUT2D eigenvalue weighted by Gasteiger charge is -2.32. The molecule has 1 saturated carbocycles. The lowest BCUT2D eigenvalue weighted by Crippen LogP contribution is -2.54. The Bertz CT molecular complexity index is 859. The molecule has 1 atom stereocenters. The number of aromatic nitrogens is 2. The maximum Gasteiger partial charge on any atom is 0.250 e. The van der Waals surface area contributed by atoms with Crippen LogP contribution < -0.4 is 10.2 Å². The molecule has 0 spiro atoms. The number of piperidine rings is 1. The Morgan fingerprint density at radius 3 is 2.73 bits per heavy atom. The number of hydrogen-bond donors (Lipinski definition) is 1. The van der Waals surface area contributed by atoms with Crippen molar-refractivity contribution in [3.05, 3.63) is 46.6 Å². The van der Waals surface area contributed by atoms with Crippen molar-refractivity contribution in [1.29, 1.82) is 0 Å². The lowest BCUT2D eigenvalue weighted by molar-refractivity contribution is -0.129. The van der Waals surface area contributed by atoms with Crippen LogP contribution in [0.4, 0.5) is 5.82 Å². The molecule has 7 heteroatoms. The van der Waals surface area contributed by atoms with Gasteiger partial charge in [0.15, 0.2) is 5.82 Å². The normalized spacial score (nSPS) is 21.5. The van der Waals surface area contributed by atoms with Gasteiger partial charge in [-0.15, -0.1) is 0 Å². The van der Waals surface area contributed by atoms with Crippen LogP contribution >= 0.6 is 15.9 Å². The van der Waals surface area contributed by atoms with Crippen LogP contribution in [-0.2, 0) is 22.1 Å². The Morgan fingerprint density at radius 1 is 1.31 bits per heavy atom. The van der Waals surface area contributed by atoms with Crippen molar-refractivity contribution in [1.82, 2.24) is 15.1 Å². The fourth-order valence-electron chi connectivity index (χ4n) is 3.67. The van der Waals surface area contributed by atoms with E-state index in [1.807, 2.05) is 43.6 Å². The molecule has 2 amide bonds. The van der Waals surface area contributed by atoms with Gasteiger partial charge < -0.3 is 5.32 Å². The molecule has 2 heterocycles. The highest BCUT2D eigenvalue weighted by Crippen LogP contribution is 2.50. The van der Waals surface area contributed by atoms with Crippen molar-refractivity contribution in [3.63, 3.8) is 0 Å². The Hall–Kier alpha value is -2.15. The molecule has 2 aromatic rings. The van der Waals surface area contributed by atoms with Crippen molar-refractivity contribution < 1.29 is 9.59 Å². The van der Waals surface area contributed by atoms with Crippen LogP contribution in [0, 0.1) is 0 Å². The first-order valence-corrected chi connectivity index (χ1v) is 9.67. The highest BCUT2D eigenvalue weighted by molar-refractivity contribution is 9.10. The molecular formula is C19H21BrN4O2. The monoisotopic (exact) mass is 416 g/mol. The Labute approximate surface area is 160 Å². The second kappa shape index (κ2) is 6.54. The molecule has 136 valence electrons. The second-order valence-corrected chi connectivity index (χ2v) is 7.92. The van der Waals surface area contributed by atoms with E-state index >= 15 is 0 Å². The fraction of sp³-hybridized carbons (Fsp3) is 0.421. The predicted octanol–water partition coefficient (Wildman–Crippen LogP) is 2.53. The summed E-state index contributed by atoms with van der Waals surface area (Å²) < 4.78 is 2.62. The van der Waals surface area contributed by atoms with E-state index < -0.39 is 11.5 Å². The third kappa shape index (κ3) is 2.94. The molecule has 6 nitrogen and oxygen atoms in total. The van der Waals surface area contributed by atoms with Gasteiger partial charge in [0.1, 0.15) is 6.04 Å². The molecule has 0 radical (unpaired) electrons. The van der Waals surface area contributed by atoms with Gasteiger partial charge in [-0.25, -0.2) is 0 Å². The van der Waals surface area contributed by atoms with E-state index in [9.17, 15) is 9.59 Å². The van der Waals surface area contributed by atoms with Gasteiger partial charge in [-0.05, 0) is 37.3 Å². The van der Waals surface area contributed by atoms with E-state index in [0.717, 1.165) is 29.3 Å². The van der Waals surface area contributed by atoms with Crippen molar-refractivity contribution in [3.8, 4) is 0 Å². The molecule has 1 aliphatic carbocycles. The summed E-state index contributed by atoms with van der Waals surface area (Å²) >= 11 is 3.55. The van der Waals surface area contributed by atoms with Crippen LogP contribution in [0.5, 0.6) is 0 Å². The smallest absolute Gasteiger partial charge is 0.250 e. The number of benzene rings is 1. The minimum atomic E-state index is -0.506. The van der Waals surface area contributed by atoms with Crippen LogP contribution in [0.25, 0.3) is 0 Å². The number of nitrogens with zero attached hydrogens (tertiary/aromatic N) is 3. The number of rotatable bonds is 4. The van der Waals surface area contributed by atoms with Crippen LogP contribution in [0.2, 0.25) is 0 Å². The zero-order valence-corrected chi connectivity index (χ0v) is 16.2. The maximum atomic E-state index is 13.0. The van der Waals surface area contributed by atoms with Gasteiger partial charge in [0, 0.05) is 30.3 Å². The largest absolute Gasteiger partial charge is 0.344 e. The van der Waals surface area contributed by atoms with Gasteiger partial charge in [-0.1, -0.05) is 34.1 Å². The molecule has 1 aliphatic heterocycles. The van der Waals surface area contributed by atoms with Crippen molar-refractivity contribution in [2.24, 2.45) is 7.05 Å². The standard InChI is InChI=1S/C19H21BrN4O2/c1-23-12-8-16(22-23)24-11-4-7-15(17(24)25)21-18(26)19(9-10-19)13-5-2-3-6-14(13)20/h2-3,5-6,8,12,15H,4,7,9-11H2,1H3,(H,21,26). The summed E-state index contributed by atoms with van der Waals surface area (Å²) in [6.07, 6.45) is 4.95. The number of aryl methyl sites for hydroxylation is 1. The summed E-state index contributed by atoms with van der Waals surface area (Å²) in [5, 5.41) is 7.34. The van der Waals surface area contributed by atoms with Crippen LogP contribution in [0.3, 0.4) is 0 Å². The first-order valence-electron chi connectivity index (χ1n) is 8.88. The van der Waals surface area contributed by atoms with Gasteiger partial charge in [0.05, 0.1) is 5.41 Å². The Balaban J connectivity index is 1.51. The molecule has 1 saturated heterocycles. The predicted molar refractivity (Wildman–Crippen MR) is 102 cm³/mol. The molecule has 1 aromatic heterocycles. The van der Waals surface area contributed by atoms with Gasteiger partial charge in [0.25, 0.3) is 5.91 Å². The molecule has 1 N–H and O–H groups in total. The van der Waals surface area contributed by atoms with Crippen molar-refractivity contribution >= 4 is 33.6 Å². The molecule has 2 aliphatic rings. The Kier molecular flexibility index (Phi) is 4.34. The average molecular weight is 417 g/mol. The summed E-state index contributed by atoms with van der Waals surface area (Å²) in [4.78, 5) is 27.6. The van der Waals surface area contributed by atoms with E-state index in [0.29, 0.717) is 18.8 Å². The van der Waals surface area contributed by atoms with Gasteiger partial charge in [-0.2, -0.15) is 5.10 Å². The van der Waals surface area contributed by atoms with Crippen molar-refractivity contribution in [2.45, 2.75) is 37.1 Å². The highest BCUT2D eigenvalue weighted by atomic mass is 79.9. The Morgan fingerprint density at radius 2 is 2.08 bits per heavy atom. The van der Waals surface area contributed by atoms with E-state index in [1.165, 1.54) is 0 Å². The third-order valence-corrected chi connectivity index (χ3v) is 5.99. The first kappa shape index (κ1) is 17.3. The quantitative estimate of drug-likeness (QED) is 0.832. The molecular weight excluding hydrogens is 396 g/mol. The minimum absolute atomic E-state index is 0.0504. The number of amides is 2. The zero-order valence-electron chi connectivity index (χ0n) is 14.6. The molecule has 1 unspecified atom stereocenters. The number of hydrogen-bond acceptors (Lipinski definition) is 3. The zero-order chi connectivity index (χ0) is 18.3. The first-order chi connectivity index (χ1) is 12.5. The van der Waals surface area contributed by atoms with Gasteiger partial charge >= 0.3 is 0 Å². The van der Waals surface area contributed by atoms with E-state index in [4.69, 9.17) is 0 Å². The minimum Gasteiger partial charge on any atom is -0.344 e. The van der Waals surface area contributed by atoms with E-state index in [1.54, 1.807) is 9.58 Å². The van der Waals surface area contributed by atoms with Crippen LogP contribution in [-0.4, -0.2) is 34.2 Å². The molecule has 1 aromatic carbocycles. The summed E-state index contributed by atoms with van der Waals surface area (Å²) in [6.45, 7) is 0.637. The fourth-order valence-corrected chi connectivity index (χ4v) is 4.34. The van der Waals surface area contributed by atoms with Crippen LogP contribution in [0.1, 0.15) is 31.2 Å². The maximum absolute atomic E-state index is 13.0.